The van der Waals surface area contributed by atoms with Crippen molar-refractivity contribution in [3.05, 3.63) is 33.9 Å². The van der Waals surface area contributed by atoms with Crippen LogP contribution in [0.5, 0.6) is 0 Å². The standard InChI is InChI=1S/C15H23N3O4/c1-15(2,3)10-17(7-4-8-19)14(20)11-5-6-12(16)13(9-11)18(21)22/h5-6,9,19H,4,7-8,10,16H2,1-3H3. The smallest absolute Gasteiger partial charge is 0.292 e. The summed E-state index contributed by atoms with van der Waals surface area (Å²) in [5.41, 5.74) is 5.41. The highest BCUT2D eigenvalue weighted by molar-refractivity contribution is 5.95. The quantitative estimate of drug-likeness (QED) is 0.475. The number of carbonyl (C=O) groups is 1. The van der Waals surface area contributed by atoms with Crippen molar-refractivity contribution >= 4 is 17.3 Å². The van der Waals surface area contributed by atoms with Crippen molar-refractivity contribution in [3.63, 3.8) is 0 Å². The Labute approximate surface area is 129 Å². The van der Waals surface area contributed by atoms with Crippen molar-refractivity contribution in [2.45, 2.75) is 27.2 Å². The number of rotatable bonds is 6. The fraction of sp³-hybridized carbons (Fsp3) is 0.533. The molecule has 1 rings (SSSR count). The fourth-order valence-electron chi connectivity index (χ4n) is 2.10. The molecule has 0 saturated heterocycles. The van der Waals surface area contributed by atoms with E-state index in [1.165, 1.54) is 18.2 Å². The largest absolute Gasteiger partial charge is 0.396 e. The monoisotopic (exact) mass is 309 g/mol. The Bertz CT molecular complexity index is 552. The van der Waals surface area contributed by atoms with Gasteiger partial charge in [0.15, 0.2) is 0 Å². The molecule has 0 spiro atoms. The number of nitrogen functional groups attached to an aromatic ring is 1. The van der Waals surface area contributed by atoms with E-state index < -0.39 is 4.92 Å². The van der Waals surface area contributed by atoms with E-state index in [-0.39, 0.29) is 34.9 Å². The van der Waals surface area contributed by atoms with Crippen LogP contribution in [0.1, 0.15) is 37.6 Å². The molecule has 7 nitrogen and oxygen atoms in total. The molecule has 1 aromatic rings. The molecule has 1 aromatic carbocycles. The minimum Gasteiger partial charge on any atom is -0.396 e. The molecule has 0 atom stereocenters. The number of nitro benzene ring substituents is 1. The predicted molar refractivity (Wildman–Crippen MR) is 84.6 cm³/mol. The summed E-state index contributed by atoms with van der Waals surface area (Å²) in [5.74, 6) is -0.300. The van der Waals surface area contributed by atoms with Gasteiger partial charge in [0.05, 0.1) is 4.92 Å². The van der Waals surface area contributed by atoms with Gasteiger partial charge in [-0.05, 0) is 24.0 Å². The van der Waals surface area contributed by atoms with Gasteiger partial charge in [-0.15, -0.1) is 0 Å². The molecule has 0 bridgehead atoms. The minimum atomic E-state index is -0.603. The number of aliphatic hydroxyl groups excluding tert-OH is 1. The SMILES string of the molecule is CC(C)(C)CN(CCCO)C(=O)c1ccc(N)c([N+](=O)[O-])c1. The molecule has 0 heterocycles. The van der Waals surface area contributed by atoms with Crippen LogP contribution in [0.25, 0.3) is 0 Å². The van der Waals surface area contributed by atoms with E-state index >= 15 is 0 Å². The zero-order chi connectivity index (χ0) is 16.9. The third-order valence-corrected chi connectivity index (χ3v) is 3.01. The van der Waals surface area contributed by atoms with Gasteiger partial charge in [-0.25, -0.2) is 0 Å². The molecule has 0 aliphatic rings. The molecule has 0 aliphatic carbocycles. The van der Waals surface area contributed by atoms with Crippen molar-refractivity contribution in [1.82, 2.24) is 4.90 Å². The Morgan fingerprint density at radius 1 is 1.41 bits per heavy atom. The third-order valence-electron chi connectivity index (χ3n) is 3.01. The number of amides is 1. The van der Waals surface area contributed by atoms with Gasteiger partial charge in [-0.2, -0.15) is 0 Å². The zero-order valence-corrected chi connectivity index (χ0v) is 13.2. The molecule has 0 fully saturated rings. The fourth-order valence-corrected chi connectivity index (χ4v) is 2.10. The first-order chi connectivity index (χ1) is 10.2. The molecule has 22 heavy (non-hydrogen) atoms. The summed E-state index contributed by atoms with van der Waals surface area (Å²) in [5, 5.41) is 19.9. The Morgan fingerprint density at radius 2 is 2.05 bits per heavy atom. The van der Waals surface area contributed by atoms with Crippen molar-refractivity contribution in [1.29, 1.82) is 0 Å². The van der Waals surface area contributed by atoms with Gasteiger partial charge >= 0.3 is 0 Å². The van der Waals surface area contributed by atoms with E-state index in [4.69, 9.17) is 10.8 Å². The van der Waals surface area contributed by atoms with Gasteiger partial charge in [0, 0.05) is 31.3 Å². The van der Waals surface area contributed by atoms with Crippen LogP contribution < -0.4 is 5.73 Å². The maximum Gasteiger partial charge on any atom is 0.292 e. The average molecular weight is 309 g/mol. The van der Waals surface area contributed by atoms with E-state index in [9.17, 15) is 14.9 Å². The van der Waals surface area contributed by atoms with Crippen LogP contribution in [0.4, 0.5) is 11.4 Å². The van der Waals surface area contributed by atoms with Crippen LogP contribution >= 0.6 is 0 Å². The third kappa shape index (κ3) is 5.00. The summed E-state index contributed by atoms with van der Waals surface area (Å²) in [6, 6.07) is 4.05. The summed E-state index contributed by atoms with van der Waals surface area (Å²) in [6.45, 7) is 6.86. The van der Waals surface area contributed by atoms with E-state index in [0.717, 1.165) is 0 Å². The first-order valence-electron chi connectivity index (χ1n) is 7.10. The van der Waals surface area contributed by atoms with Crippen LogP contribution in [-0.4, -0.2) is 40.5 Å². The Hall–Kier alpha value is -2.15. The summed E-state index contributed by atoms with van der Waals surface area (Å²) in [4.78, 5) is 24.5. The summed E-state index contributed by atoms with van der Waals surface area (Å²) in [7, 11) is 0. The maximum absolute atomic E-state index is 12.6. The van der Waals surface area contributed by atoms with E-state index in [1.54, 1.807) is 4.90 Å². The van der Waals surface area contributed by atoms with E-state index in [2.05, 4.69) is 0 Å². The summed E-state index contributed by atoms with van der Waals surface area (Å²) in [6.07, 6.45) is 0.457. The lowest BCUT2D eigenvalue weighted by Crippen LogP contribution is -2.38. The Balaban J connectivity index is 3.07. The molecular weight excluding hydrogens is 286 g/mol. The molecule has 122 valence electrons. The molecule has 0 saturated carbocycles. The van der Waals surface area contributed by atoms with Gasteiger partial charge < -0.3 is 15.7 Å². The normalized spacial score (nSPS) is 11.3. The molecule has 0 radical (unpaired) electrons. The number of carbonyl (C=O) groups excluding carboxylic acids is 1. The number of benzene rings is 1. The predicted octanol–water partition coefficient (Wildman–Crippen LogP) is 2.05. The van der Waals surface area contributed by atoms with Gasteiger partial charge in [0.25, 0.3) is 11.6 Å². The lowest BCUT2D eigenvalue weighted by molar-refractivity contribution is -0.383. The number of nitrogens with two attached hydrogens (primary N) is 1. The van der Waals surface area contributed by atoms with Crippen LogP contribution in [0.15, 0.2) is 18.2 Å². The number of hydrogen-bond acceptors (Lipinski definition) is 5. The molecule has 3 N–H and O–H groups in total. The average Bonchev–Trinajstić information content (AvgIpc) is 2.41. The van der Waals surface area contributed by atoms with Crippen molar-refractivity contribution in [2.24, 2.45) is 5.41 Å². The molecule has 0 aliphatic heterocycles. The molecule has 0 aromatic heterocycles. The van der Waals surface area contributed by atoms with Crippen LogP contribution in [0.2, 0.25) is 0 Å². The second-order valence-electron chi connectivity index (χ2n) is 6.40. The molecule has 1 amide bonds. The van der Waals surface area contributed by atoms with Crippen molar-refractivity contribution in [2.75, 3.05) is 25.4 Å². The van der Waals surface area contributed by atoms with E-state index in [1.807, 2.05) is 20.8 Å². The van der Waals surface area contributed by atoms with Gasteiger partial charge in [-0.1, -0.05) is 20.8 Å². The second kappa shape index (κ2) is 7.22. The lowest BCUT2D eigenvalue weighted by atomic mass is 9.95. The highest BCUT2D eigenvalue weighted by atomic mass is 16.6. The Kier molecular flexibility index (Phi) is 5.87. The van der Waals surface area contributed by atoms with Gasteiger partial charge in [0.2, 0.25) is 0 Å². The molecular formula is C15H23N3O4. The number of nitrogens with zero attached hydrogens (tertiary/aromatic N) is 2. The number of aliphatic hydroxyl groups is 1. The van der Waals surface area contributed by atoms with Crippen LogP contribution in [0.3, 0.4) is 0 Å². The van der Waals surface area contributed by atoms with Crippen LogP contribution in [0, 0.1) is 15.5 Å². The maximum atomic E-state index is 12.6. The van der Waals surface area contributed by atoms with Crippen LogP contribution in [-0.2, 0) is 0 Å². The van der Waals surface area contributed by atoms with Crippen molar-refractivity contribution in [3.8, 4) is 0 Å². The van der Waals surface area contributed by atoms with E-state index in [0.29, 0.717) is 19.5 Å². The Morgan fingerprint density at radius 3 is 2.55 bits per heavy atom. The molecule has 0 unspecified atom stereocenters. The summed E-state index contributed by atoms with van der Waals surface area (Å²) < 4.78 is 0. The van der Waals surface area contributed by atoms with Gasteiger partial charge in [-0.3, -0.25) is 14.9 Å². The minimum absolute atomic E-state index is 0.0180. The lowest BCUT2D eigenvalue weighted by Gasteiger charge is -2.30. The highest BCUT2D eigenvalue weighted by Gasteiger charge is 2.23. The topological polar surface area (TPSA) is 110 Å². The number of hydrogen-bond donors (Lipinski definition) is 2. The van der Waals surface area contributed by atoms with Gasteiger partial charge in [0.1, 0.15) is 5.69 Å². The zero-order valence-electron chi connectivity index (χ0n) is 13.2. The second-order valence-corrected chi connectivity index (χ2v) is 6.40. The highest BCUT2D eigenvalue weighted by Crippen LogP contribution is 2.24. The van der Waals surface area contributed by atoms with Crippen molar-refractivity contribution < 1.29 is 14.8 Å². The first kappa shape index (κ1) is 17.9. The summed E-state index contributed by atoms with van der Waals surface area (Å²) >= 11 is 0. The first-order valence-corrected chi connectivity index (χ1v) is 7.10. The number of nitro groups is 1. The number of anilines is 1. The molecule has 7 heteroatoms.